The highest BCUT2D eigenvalue weighted by molar-refractivity contribution is 7.80. The first-order chi connectivity index (χ1) is 6.24. The van der Waals surface area contributed by atoms with Crippen LogP contribution in [0.15, 0.2) is 22.4 Å². The Morgan fingerprint density at radius 1 is 1.46 bits per heavy atom. The van der Waals surface area contributed by atoms with E-state index in [-0.39, 0.29) is 0 Å². The molecule has 0 unspecified atom stereocenters. The van der Waals surface area contributed by atoms with Gasteiger partial charge in [-0.3, -0.25) is 0 Å². The van der Waals surface area contributed by atoms with Crippen molar-refractivity contribution in [3.63, 3.8) is 0 Å². The van der Waals surface area contributed by atoms with E-state index in [1.807, 2.05) is 5.38 Å². The fourth-order valence-electron chi connectivity index (χ4n) is 1.19. The van der Waals surface area contributed by atoms with E-state index in [0.717, 1.165) is 15.0 Å². The minimum Gasteiger partial charge on any atom is -0.192 e. The van der Waals surface area contributed by atoms with Gasteiger partial charge < -0.3 is 0 Å². The average Bonchev–Trinajstić information content (AvgIpc) is 2.51. The Labute approximate surface area is 90.0 Å². The van der Waals surface area contributed by atoms with Crippen LogP contribution in [0.4, 0.5) is 0 Å². The second kappa shape index (κ2) is 3.22. The third-order valence-corrected chi connectivity index (χ3v) is 3.74. The van der Waals surface area contributed by atoms with E-state index in [4.69, 9.17) is 16.9 Å². The summed E-state index contributed by atoms with van der Waals surface area (Å²) in [5.41, 5.74) is 0.630. The maximum Gasteiger partial charge on any atom is 0.0998 e. The molecule has 1 aromatic heterocycles. The van der Waals surface area contributed by atoms with Crippen LogP contribution >= 0.6 is 35.6 Å². The first-order valence-corrected chi connectivity index (χ1v) is 5.23. The van der Waals surface area contributed by atoms with Crippen LogP contribution in [0.25, 0.3) is 10.1 Å². The highest BCUT2D eigenvalue weighted by Gasteiger charge is 2.08. The zero-order chi connectivity index (χ0) is 9.42. The summed E-state index contributed by atoms with van der Waals surface area (Å²) in [5.74, 6) is 0. The number of fused-ring (bicyclic) bond motifs is 1. The molecule has 0 saturated carbocycles. The third-order valence-electron chi connectivity index (χ3n) is 1.77. The normalized spacial score (nSPS) is 10.2. The monoisotopic (exact) mass is 225 g/mol. The molecule has 0 aliphatic heterocycles. The zero-order valence-corrected chi connectivity index (χ0v) is 8.88. The van der Waals surface area contributed by atoms with Crippen LogP contribution in [-0.4, -0.2) is 0 Å². The lowest BCUT2D eigenvalue weighted by Crippen LogP contribution is -1.76. The molecule has 4 heteroatoms. The highest BCUT2D eigenvalue weighted by Crippen LogP contribution is 2.35. The molecular weight excluding hydrogens is 222 g/mol. The van der Waals surface area contributed by atoms with Gasteiger partial charge in [0, 0.05) is 15.7 Å². The second-order valence-corrected chi connectivity index (χ2v) is 4.30. The number of nitrogens with zero attached hydrogens (tertiary/aromatic N) is 1. The first-order valence-electron chi connectivity index (χ1n) is 3.53. The Balaban J connectivity index is 2.99. The Morgan fingerprint density at radius 3 is 2.92 bits per heavy atom. The SMILES string of the molecule is N#Cc1ccc(Cl)c2scc(S)c12. The van der Waals surface area contributed by atoms with Crippen LogP contribution in [0.1, 0.15) is 5.56 Å². The lowest BCUT2D eigenvalue weighted by atomic mass is 10.1. The maximum absolute atomic E-state index is 8.85. The summed E-state index contributed by atoms with van der Waals surface area (Å²) in [7, 11) is 0. The van der Waals surface area contributed by atoms with E-state index in [2.05, 4.69) is 18.7 Å². The quantitative estimate of drug-likeness (QED) is 0.679. The number of thiophene rings is 1. The van der Waals surface area contributed by atoms with Gasteiger partial charge in [-0.25, -0.2) is 0 Å². The lowest BCUT2D eigenvalue weighted by Gasteiger charge is -1.96. The van der Waals surface area contributed by atoms with Crippen molar-refractivity contribution in [1.29, 1.82) is 5.26 Å². The first kappa shape index (κ1) is 8.89. The predicted molar refractivity (Wildman–Crippen MR) is 58.8 cm³/mol. The summed E-state index contributed by atoms with van der Waals surface area (Å²) in [5, 5.41) is 12.3. The van der Waals surface area contributed by atoms with Gasteiger partial charge >= 0.3 is 0 Å². The smallest absolute Gasteiger partial charge is 0.0998 e. The molecule has 0 spiro atoms. The Bertz CT molecular complexity index is 510. The molecule has 2 aromatic rings. The number of halogens is 1. The summed E-state index contributed by atoms with van der Waals surface area (Å²) < 4.78 is 0.936. The van der Waals surface area contributed by atoms with Gasteiger partial charge in [0.25, 0.3) is 0 Å². The molecule has 2 rings (SSSR count). The summed E-state index contributed by atoms with van der Waals surface area (Å²) >= 11 is 11.8. The minimum absolute atomic E-state index is 0.630. The molecule has 1 heterocycles. The molecule has 1 nitrogen and oxygen atoms in total. The van der Waals surface area contributed by atoms with Gasteiger partial charge in [0.1, 0.15) is 0 Å². The summed E-state index contributed by atoms with van der Waals surface area (Å²) in [4.78, 5) is 0.819. The molecule has 13 heavy (non-hydrogen) atoms. The fraction of sp³-hybridized carbons (Fsp3) is 0. The Kier molecular flexibility index (Phi) is 2.20. The van der Waals surface area contributed by atoms with Crippen molar-refractivity contribution >= 4 is 45.7 Å². The van der Waals surface area contributed by atoms with Crippen molar-refractivity contribution in [1.82, 2.24) is 0 Å². The zero-order valence-electron chi connectivity index (χ0n) is 6.41. The Hall–Kier alpha value is -0.690. The molecule has 0 atom stereocenters. The highest BCUT2D eigenvalue weighted by atomic mass is 35.5. The predicted octanol–water partition coefficient (Wildman–Crippen LogP) is 3.72. The molecule has 0 saturated heterocycles. The number of rotatable bonds is 0. The molecule has 0 bridgehead atoms. The van der Waals surface area contributed by atoms with Crippen LogP contribution in [0.3, 0.4) is 0 Å². The van der Waals surface area contributed by atoms with Crippen LogP contribution < -0.4 is 0 Å². The standard InChI is InChI=1S/C9H4ClNS2/c10-6-2-1-5(3-11)8-7(12)4-13-9(6)8/h1-2,4,12H. The number of hydrogen-bond acceptors (Lipinski definition) is 3. The van der Waals surface area contributed by atoms with Gasteiger partial charge in [-0.15, -0.1) is 24.0 Å². The molecule has 0 fully saturated rings. The fourth-order valence-corrected chi connectivity index (χ4v) is 2.82. The van der Waals surface area contributed by atoms with Gasteiger partial charge in [0.05, 0.1) is 21.4 Å². The van der Waals surface area contributed by atoms with Gasteiger partial charge in [0.15, 0.2) is 0 Å². The molecule has 0 aliphatic rings. The third kappa shape index (κ3) is 1.31. The number of thiol groups is 1. The number of hydrogen-bond donors (Lipinski definition) is 1. The van der Waals surface area contributed by atoms with E-state index < -0.39 is 0 Å². The lowest BCUT2D eigenvalue weighted by molar-refractivity contribution is 1.50. The Morgan fingerprint density at radius 2 is 2.23 bits per heavy atom. The second-order valence-electron chi connectivity index (χ2n) is 2.53. The van der Waals surface area contributed by atoms with Crippen LogP contribution in [-0.2, 0) is 0 Å². The number of benzene rings is 1. The molecule has 0 amide bonds. The minimum atomic E-state index is 0.630. The van der Waals surface area contributed by atoms with Crippen molar-refractivity contribution < 1.29 is 0 Å². The molecule has 64 valence electrons. The molecule has 1 aromatic carbocycles. The van der Waals surface area contributed by atoms with Gasteiger partial charge in [-0.1, -0.05) is 11.6 Å². The summed E-state index contributed by atoms with van der Waals surface area (Å²) in [6.45, 7) is 0. The van der Waals surface area contributed by atoms with Gasteiger partial charge in [-0.2, -0.15) is 5.26 Å². The molecular formula is C9H4ClNS2. The van der Waals surface area contributed by atoms with Crippen LogP contribution in [0.5, 0.6) is 0 Å². The van der Waals surface area contributed by atoms with E-state index >= 15 is 0 Å². The van der Waals surface area contributed by atoms with Crippen LogP contribution in [0.2, 0.25) is 5.02 Å². The molecule has 0 N–H and O–H groups in total. The van der Waals surface area contributed by atoms with Crippen molar-refractivity contribution in [3.8, 4) is 6.07 Å². The molecule has 0 radical (unpaired) electrons. The van der Waals surface area contributed by atoms with E-state index in [1.54, 1.807) is 12.1 Å². The molecule has 0 aliphatic carbocycles. The van der Waals surface area contributed by atoms with Gasteiger partial charge in [0.2, 0.25) is 0 Å². The van der Waals surface area contributed by atoms with E-state index in [0.29, 0.717) is 10.6 Å². The van der Waals surface area contributed by atoms with Crippen molar-refractivity contribution in [2.24, 2.45) is 0 Å². The maximum atomic E-state index is 8.85. The summed E-state index contributed by atoms with van der Waals surface area (Å²) in [6.07, 6.45) is 0. The van der Waals surface area contributed by atoms with Crippen molar-refractivity contribution in [2.75, 3.05) is 0 Å². The van der Waals surface area contributed by atoms with E-state index in [1.165, 1.54) is 11.3 Å². The van der Waals surface area contributed by atoms with E-state index in [9.17, 15) is 0 Å². The summed E-state index contributed by atoms with van der Waals surface area (Å²) in [6, 6.07) is 5.58. The van der Waals surface area contributed by atoms with Gasteiger partial charge in [-0.05, 0) is 12.1 Å². The topological polar surface area (TPSA) is 23.8 Å². The average molecular weight is 226 g/mol. The van der Waals surface area contributed by atoms with Crippen molar-refractivity contribution in [3.05, 3.63) is 28.1 Å². The largest absolute Gasteiger partial charge is 0.192 e. The van der Waals surface area contributed by atoms with Crippen LogP contribution in [0, 0.1) is 11.3 Å². The van der Waals surface area contributed by atoms with Crippen molar-refractivity contribution in [2.45, 2.75) is 4.90 Å². The number of nitriles is 1.